The summed E-state index contributed by atoms with van der Waals surface area (Å²) in [6.07, 6.45) is 3.93. The minimum atomic E-state index is -0.0656. The number of benzene rings is 2. The summed E-state index contributed by atoms with van der Waals surface area (Å²) < 4.78 is 13.5. The largest absolute Gasteiger partial charge is 0.497 e. The monoisotopic (exact) mass is 470 g/mol. The Hall–Kier alpha value is -3.84. The van der Waals surface area contributed by atoms with Gasteiger partial charge in [0.05, 0.1) is 18.8 Å². The Bertz CT molecular complexity index is 1260. The minimum Gasteiger partial charge on any atom is -0.497 e. The lowest BCUT2D eigenvalue weighted by molar-refractivity contribution is 0.413. The third kappa shape index (κ3) is 4.22. The number of hydrogen-bond acceptors (Lipinski definition) is 4. The van der Waals surface area contributed by atoms with E-state index in [1.807, 2.05) is 72.9 Å². The van der Waals surface area contributed by atoms with Crippen molar-refractivity contribution in [3.8, 4) is 17.2 Å². The second-order valence-electron chi connectivity index (χ2n) is 7.99. The number of ether oxygens (including phenoxy) is 2. The van der Waals surface area contributed by atoms with E-state index in [1.54, 1.807) is 7.11 Å². The maximum atomic E-state index is 6.01. The molecule has 6 nitrogen and oxygen atoms in total. The van der Waals surface area contributed by atoms with Crippen LogP contribution < -0.4 is 19.7 Å². The molecule has 0 saturated carbocycles. The van der Waals surface area contributed by atoms with Crippen LogP contribution in [0, 0.1) is 0 Å². The zero-order chi connectivity index (χ0) is 23.5. The molecule has 5 rings (SSSR count). The maximum absolute atomic E-state index is 6.01. The van der Waals surface area contributed by atoms with Crippen molar-refractivity contribution in [2.24, 2.45) is 0 Å². The van der Waals surface area contributed by atoms with Gasteiger partial charge in [0.2, 0.25) is 0 Å². The molecule has 0 spiro atoms. The summed E-state index contributed by atoms with van der Waals surface area (Å²) in [5, 5.41) is 4.19. The SMILES string of the molecule is CCn1cccc1[C@@H]1[C@@H](c2ccccn2)NC(=S)N1c1ccc(Oc2ccc(OC)cc2)cc1. The average molecular weight is 471 g/mol. The van der Waals surface area contributed by atoms with Gasteiger partial charge in [0.15, 0.2) is 5.11 Å². The number of aromatic nitrogens is 2. The molecule has 1 fully saturated rings. The van der Waals surface area contributed by atoms with Crippen molar-refractivity contribution in [3.63, 3.8) is 0 Å². The fourth-order valence-corrected chi connectivity index (χ4v) is 4.72. The summed E-state index contributed by atoms with van der Waals surface area (Å²) >= 11 is 5.83. The molecular formula is C27H26N4O2S. The Balaban J connectivity index is 1.46. The molecule has 1 saturated heterocycles. The molecule has 0 aliphatic carbocycles. The Morgan fingerprint density at radius 1 is 0.912 bits per heavy atom. The number of aryl methyl sites for hydroxylation is 1. The molecule has 3 heterocycles. The number of anilines is 1. The topological polar surface area (TPSA) is 51.6 Å². The molecule has 2 aromatic carbocycles. The number of hydrogen-bond donors (Lipinski definition) is 1. The first-order valence-electron chi connectivity index (χ1n) is 11.3. The van der Waals surface area contributed by atoms with Crippen LogP contribution in [0.5, 0.6) is 17.2 Å². The molecular weight excluding hydrogens is 444 g/mol. The lowest BCUT2D eigenvalue weighted by Gasteiger charge is -2.29. The van der Waals surface area contributed by atoms with Crippen LogP contribution in [-0.2, 0) is 6.54 Å². The first-order chi connectivity index (χ1) is 16.7. The van der Waals surface area contributed by atoms with Crippen molar-refractivity contribution in [2.45, 2.75) is 25.6 Å². The van der Waals surface area contributed by atoms with Gasteiger partial charge in [0, 0.05) is 30.3 Å². The average Bonchev–Trinajstić information content (AvgIpc) is 3.49. The van der Waals surface area contributed by atoms with Crippen LogP contribution in [0.2, 0.25) is 0 Å². The molecule has 1 N–H and O–H groups in total. The summed E-state index contributed by atoms with van der Waals surface area (Å²) in [6.45, 7) is 3.03. The molecule has 0 bridgehead atoms. The predicted molar refractivity (Wildman–Crippen MR) is 138 cm³/mol. The summed E-state index contributed by atoms with van der Waals surface area (Å²) in [5.74, 6) is 2.30. The van der Waals surface area contributed by atoms with Crippen molar-refractivity contribution in [1.82, 2.24) is 14.9 Å². The lowest BCUT2D eigenvalue weighted by atomic mass is 10.0. The first-order valence-corrected chi connectivity index (χ1v) is 11.7. The number of nitrogens with one attached hydrogen (secondary N) is 1. The van der Waals surface area contributed by atoms with Crippen LogP contribution in [0.25, 0.3) is 0 Å². The van der Waals surface area contributed by atoms with Crippen molar-refractivity contribution in [3.05, 3.63) is 103 Å². The second-order valence-corrected chi connectivity index (χ2v) is 8.37. The van der Waals surface area contributed by atoms with Crippen molar-refractivity contribution in [1.29, 1.82) is 0 Å². The number of pyridine rings is 1. The molecule has 0 unspecified atom stereocenters. The lowest BCUT2D eigenvalue weighted by Crippen LogP contribution is -2.30. The Morgan fingerprint density at radius 2 is 1.62 bits per heavy atom. The minimum absolute atomic E-state index is 0.0364. The number of nitrogens with zero attached hydrogens (tertiary/aromatic N) is 3. The summed E-state index contributed by atoms with van der Waals surface area (Å²) in [7, 11) is 1.65. The molecule has 2 aromatic heterocycles. The van der Waals surface area contributed by atoms with Crippen LogP contribution >= 0.6 is 12.2 Å². The van der Waals surface area contributed by atoms with Gasteiger partial charge < -0.3 is 24.3 Å². The van der Waals surface area contributed by atoms with E-state index in [0.29, 0.717) is 5.11 Å². The van der Waals surface area contributed by atoms with E-state index in [4.69, 9.17) is 21.7 Å². The molecule has 2 atom stereocenters. The molecule has 4 aromatic rings. The van der Waals surface area contributed by atoms with Gasteiger partial charge in [0.25, 0.3) is 0 Å². The first kappa shape index (κ1) is 22.0. The van der Waals surface area contributed by atoms with Crippen molar-refractivity contribution in [2.75, 3.05) is 12.0 Å². The summed E-state index contributed by atoms with van der Waals surface area (Å²) in [5.41, 5.74) is 3.14. The number of methoxy groups -OCH3 is 1. The van der Waals surface area contributed by atoms with Gasteiger partial charge >= 0.3 is 0 Å². The molecule has 7 heteroatoms. The fourth-order valence-electron chi connectivity index (χ4n) is 4.37. The Kier molecular flexibility index (Phi) is 6.18. The standard InChI is InChI=1S/C27H26N4O2S/c1-3-30-18-6-8-24(30)26-25(23-7-4-5-17-28-23)29-27(34)31(26)19-9-11-21(12-10-19)33-22-15-13-20(32-2)14-16-22/h4-18,25-26H,3H2,1-2H3,(H,29,34)/t25-,26-/m1/s1. The third-order valence-electron chi connectivity index (χ3n) is 6.02. The van der Waals surface area contributed by atoms with E-state index in [2.05, 4.69) is 45.0 Å². The van der Waals surface area contributed by atoms with Gasteiger partial charge in [-0.2, -0.15) is 0 Å². The van der Waals surface area contributed by atoms with Gasteiger partial charge in [-0.3, -0.25) is 4.98 Å². The second kappa shape index (κ2) is 9.57. The Labute approximate surface area is 204 Å². The van der Waals surface area contributed by atoms with Gasteiger partial charge in [-0.15, -0.1) is 0 Å². The Morgan fingerprint density at radius 3 is 2.26 bits per heavy atom. The molecule has 34 heavy (non-hydrogen) atoms. The maximum Gasteiger partial charge on any atom is 0.174 e. The quantitative estimate of drug-likeness (QED) is 0.340. The van der Waals surface area contributed by atoms with Crippen LogP contribution in [0.4, 0.5) is 5.69 Å². The number of thiocarbonyl (C=S) groups is 1. The summed E-state index contributed by atoms with van der Waals surface area (Å²) in [4.78, 5) is 6.80. The van der Waals surface area contributed by atoms with Crippen molar-refractivity contribution >= 4 is 23.0 Å². The van der Waals surface area contributed by atoms with E-state index in [0.717, 1.165) is 35.2 Å². The van der Waals surface area contributed by atoms with Crippen molar-refractivity contribution < 1.29 is 9.47 Å². The summed E-state index contributed by atoms with van der Waals surface area (Å²) in [6, 6.07) is 25.7. The van der Waals surface area contributed by atoms with E-state index in [1.165, 1.54) is 5.69 Å². The molecule has 1 aliphatic rings. The van der Waals surface area contributed by atoms with E-state index in [9.17, 15) is 0 Å². The zero-order valence-electron chi connectivity index (χ0n) is 19.1. The van der Waals surface area contributed by atoms with Crippen LogP contribution in [0.1, 0.15) is 30.4 Å². The van der Waals surface area contributed by atoms with E-state index >= 15 is 0 Å². The third-order valence-corrected chi connectivity index (χ3v) is 6.33. The van der Waals surface area contributed by atoms with Crippen LogP contribution in [-0.4, -0.2) is 21.8 Å². The van der Waals surface area contributed by atoms with Gasteiger partial charge in [-0.25, -0.2) is 0 Å². The molecule has 172 valence electrons. The van der Waals surface area contributed by atoms with Gasteiger partial charge in [-0.05, 0) is 91.9 Å². The normalized spacial score (nSPS) is 17.5. The van der Waals surface area contributed by atoms with Gasteiger partial charge in [-0.1, -0.05) is 6.07 Å². The highest BCUT2D eigenvalue weighted by atomic mass is 32.1. The van der Waals surface area contributed by atoms with Crippen LogP contribution in [0.3, 0.4) is 0 Å². The number of rotatable bonds is 7. The smallest absolute Gasteiger partial charge is 0.174 e. The predicted octanol–water partition coefficient (Wildman–Crippen LogP) is 5.88. The highest BCUT2D eigenvalue weighted by molar-refractivity contribution is 7.80. The molecule has 0 amide bonds. The fraction of sp³-hybridized carbons (Fsp3) is 0.185. The highest BCUT2D eigenvalue weighted by Crippen LogP contribution is 2.42. The zero-order valence-corrected chi connectivity index (χ0v) is 19.9. The van der Waals surface area contributed by atoms with E-state index in [-0.39, 0.29) is 12.1 Å². The molecule has 0 radical (unpaired) electrons. The highest BCUT2D eigenvalue weighted by Gasteiger charge is 2.41. The van der Waals surface area contributed by atoms with Crippen LogP contribution in [0.15, 0.2) is 91.3 Å². The van der Waals surface area contributed by atoms with Gasteiger partial charge in [0.1, 0.15) is 23.3 Å². The molecule has 1 aliphatic heterocycles. The van der Waals surface area contributed by atoms with E-state index < -0.39 is 0 Å².